The Balaban J connectivity index is 2.35. The molecule has 7 heteroatoms. The molecule has 0 atom stereocenters. The lowest BCUT2D eigenvalue weighted by Gasteiger charge is -2.06. The average molecular weight is 281 g/mol. The van der Waals surface area contributed by atoms with Crippen LogP contribution in [0.3, 0.4) is 0 Å². The van der Waals surface area contributed by atoms with E-state index in [2.05, 4.69) is 0 Å². The van der Waals surface area contributed by atoms with Gasteiger partial charge in [-0.15, -0.1) is 0 Å². The Hall–Kier alpha value is -3.58. The second kappa shape index (κ2) is 5.59. The summed E-state index contributed by atoms with van der Waals surface area (Å²) < 4.78 is 5.39. The molecule has 102 valence electrons. The largest absolute Gasteiger partial charge is 0.502 e. The molecule has 0 unspecified atom stereocenters. The van der Waals surface area contributed by atoms with Crippen LogP contribution in [0.15, 0.2) is 36.4 Å². The lowest BCUT2D eigenvalue weighted by Crippen LogP contribution is -1.91. The topological polar surface area (TPSA) is 120 Å². The van der Waals surface area contributed by atoms with Crippen molar-refractivity contribution in [1.29, 1.82) is 10.5 Å². The number of hydrogen-bond donors (Lipinski definition) is 1. The van der Waals surface area contributed by atoms with E-state index in [0.717, 1.165) is 12.1 Å². The molecular formula is C14H7N3O4. The molecule has 0 aliphatic rings. The predicted molar refractivity (Wildman–Crippen MR) is 70.7 cm³/mol. The zero-order valence-corrected chi connectivity index (χ0v) is 10.5. The molecule has 0 aliphatic heterocycles. The molecule has 0 heterocycles. The van der Waals surface area contributed by atoms with Gasteiger partial charge in [-0.3, -0.25) is 10.1 Å². The van der Waals surface area contributed by atoms with Crippen molar-refractivity contribution in [3.63, 3.8) is 0 Å². The summed E-state index contributed by atoms with van der Waals surface area (Å²) in [5.74, 6) is -0.0801. The molecular weight excluding hydrogens is 274 g/mol. The van der Waals surface area contributed by atoms with Gasteiger partial charge in [0.1, 0.15) is 23.6 Å². The van der Waals surface area contributed by atoms with Crippen molar-refractivity contribution in [3.05, 3.63) is 57.6 Å². The maximum absolute atomic E-state index is 10.7. The quantitative estimate of drug-likeness (QED) is 0.682. The molecule has 0 aliphatic carbocycles. The summed E-state index contributed by atoms with van der Waals surface area (Å²) in [6.07, 6.45) is 0. The lowest BCUT2D eigenvalue weighted by molar-refractivity contribution is -0.385. The Morgan fingerprint density at radius 1 is 1.05 bits per heavy atom. The zero-order chi connectivity index (χ0) is 15.4. The van der Waals surface area contributed by atoms with Crippen LogP contribution in [0.25, 0.3) is 0 Å². The molecule has 0 radical (unpaired) electrons. The average Bonchev–Trinajstić information content (AvgIpc) is 2.48. The number of nitro benzene ring substituents is 1. The fraction of sp³-hybridized carbons (Fsp3) is 0. The molecule has 0 amide bonds. The highest BCUT2D eigenvalue weighted by atomic mass is 16.6. The first kappa shape index (κ1) is 13.8. The van der Waals surface area contributed by atoms with Crippen molar-refractivity contribution in [2.45, 2.75) is 0 Å². The van der Waals surface area contributed by atoms with Gasteiger partial charge in [-0.25, -0.2) is 0 Å². The molecule has 1 N–H and O–H groups in total. The van der Waals surface area contributed by atoms with Crippen LogP contribution in [-0.4, -0.2) is 10.0 Å². The van der Waals surface area contributed by atoms with Crippen LogP contribution >= 0.6 is 0 Å². The highest BCUT2D eigenvalue weighted by Gasteiger charge is 2.15. The minimum atomic E-state index is -0.734. The van der Waals surface area contributed by atoms with Crippen molar-refractivity contribution in [1.82, 2.24) is 0 Å². The van der Waals surface area contributed by atoms with Crippen LogP contribution in [0, 0.1) is 32.8 Å². The molecule has 0 saturated carbocycles. The van der Waals surface area contributed by atoms with Crippen LogP contribution < -0.4 is 4.74 Å². The Morgan fingerprint density at radius 3 is 2.29 bits per heavy atom. The molecule has 0 saturated heterocycles. The first-order valence-electron chi connectivity index (χ1n) is 5.64. The third-order valence-corrected chi connectivity index (χ3v) is 2.61. The third kappa shape index (κ3) is 2.88. The van der Waals surface area contributed by atoms with Crippen molar-refractivity contribution in [3.8, 4) is 29.4 Å². The number of ether oxygens (including phenoxy) is 1. The first-order chi connectivity index (χ1) is 10.0. The van der Waals surface area contributed by atoms with Crippen molar-refractivity contribution < 1.29 is 14.8 Å². The molecule has 0 spiro atoms. The van der Waals surface area contributed by atoms with Gasteiger partial charge in [0.05, 0.1) is 22.1 Å². The molecule has 21 heavy (non-hydrogen) atoms. The second-order valence-corrected chi connectivity index (χ2v) is 3.94. The number of nitriles is 2. The van der Waals surface area contributed by atoms with Gasteiger partial charge in [-0.1, -0.05) is 0 Å². The number of phenols is 1. The van der Waals surface area contributed by atoms with E-state index in [1.165, 1.54) is 24.3 Å². The van der Waals surface area contributed by atoms with Crippen molar-refractivity contribution >= 4 is 5.69 Å². The van der Waals surface area contributed by atoms with Crippen molar-refractivity contribution in [2.24, 2.45) is 0 Å². The summed E-state index contributed by atoms with van der Waals surface area (Å²) in [7, 11) is 0. The van der Waals surface area contributed by atoms with E-state index >= 15 is 0 Å². The van der Waals surface area contributed by atoms with Crippen LogP contribution in [0.1, 0.15) is 11.1 Å². The van der Waals surface area contributed by atoms with E-state index in [9.17, 15) is 15.2 Å². The minimum Gasteiger partial charge on any atom is -0.502 e. The van der Waals surface area contributed by atoms with Gasteiger partial charge in [0, 0.05) is 0 Å². The normalized spacial score (nSPS) is 9.43. The van der Waals surface area contributed by atoms with Gasteiger partial charge >= 0.3 is 5.69 Å². The Kier molecular flexibility index (Phi) is 3.69. The van der Waals surface area contributed by atoms with Gasteiger partial charge in [0.25, 0.3) is 0 Å². The van der Waals surface area contributed by atoms with Gasteiger partial charge in [-0.2, -0.15) is 10.5 Å². The first-order valence-corrected chi connectivity index (χ1v) is 5.64. The van der Waals surface area contributed by atoms with E-state index in [1.807, 2.05) is 12.1 Å². The highest BCUT2D eigenvalue weighted by molar-refractivity contribution is 5.53. The smallest absolute Gasteiger partial charge is 0.314 e. The number of rotatable bonds is 3. The van der Waals surface area contributed by atoms with Gasteiger partial charge in [0.2, 0.25) is 0 Å². The van der Waals surface area contributed by atoms with Crippen LogP contribution in [0.2, 0.25) is 0 Å². The number of nitrogens with zero attached hydrogens (tertiary/aromatic N) is 3. The summed E-state index contributed by atoms with van der Waals surface area (Å²) in [6.45, 7) is 0. The molecule has 2 rings (SSSR count). The van der Waals surface area contributed by atoms with Gasteiger partial charge in [-0.05, 0) is 30.3 Å². The van der Waals surface area contributed by atoms with E-state index in [0.29, 0.717) is 0 Å². The second-order valence-electron chi connectivity index (χ2n) is 3.94. The van der Waals surface area contributed by atoms with Crippen molar-refractivity contribution in [2.75, 3.05) is 0 Å². The molecule has 2 aromatic carbocycles. The fourth-order valence-electron chi connectivity index (χ4n) is 1.63. The highest BCUT2D eigenvalue weighted by Crippen LogP contribution is 2.32. The summed E-state index contributed by atoms with van der Waals surface area (Å²) >= 11 is 0. The maximum Gasteiger partial charge on any atom is 0.314 e. The number of nitro groups is 1. The van der Waals surface area contributed by atoms with E-state index < -0.39 is 16.4 Å². The standard InChI is InChI=1S/C14H7N3O4/c15-7-9-1-2-11(5-10(9)8-16)21-12-3-4-14(18)13(6-12)17(19)20/h1-6,18H. The zero-order valence-electron chi connectivity index (χ0n) is 10.5. The third-order valence-electron chi connectivity index (χ3n) is 2.61. The Morgan fingerprint density at radius 2 is 1.67 bits per heavy atom. The fourth-order valence-corrected chi connectivity index (χ4v) is 1.63. The van der Waals surface area contributed by atoms with E-state index in [4.69, 9.17) is 15.3 Å². The van der Waals surface area contributed by atoms with Gasteiger partial charge in [0.15, 0.2) is 5.75 Å². The van der Waals surface area contributed by atoms with Crippen LogP contribution in [-0.2, 0) is 0 Å². The van der Waals surface area contributed by atoms with E-state index in [1.54, 1.807) is 0 Å². The number of aromatic hydroxyl groups is 1. The molecule has 7 nitrogen and oxygen atoms in total. The number of hydrogen-bond acceptors (Lipinski definition) is 6. The van der Waals surface area contributed by atoms with Crippen LogP contribution in [0.5, 0.6) is 17.2 Å². The van der Waals surface area contributed by atoms with Gasteiger partial charge < -0.3 is 9.84 Å². The van der Waals surface area contributed by atoms with Crippen LogP contribution in [0.4, 0.5) is 5.69 Å². The number of phenolic OH excluding ortho intramolecular Hbond substituents is 1. The minimum absolute atomic E-state index is 0.132. The molecule has 0 bridgehead atoms. The monoisotopic (exact) mass is 281 g/mol. The number of benzene rings is 2. The SMILES string of the molecule is N#Cc1ccc(Oc2ccc(O)c([N+](=O)[O-])c2)cc1C#N. The molecule has 0 aromatic heterocycles. The Labute approximate surface area is 119 Å². The van der Waals surface area contributed by atoms with E-state index in [-0.39, 0.29) is 22.6 Å². The maximum atomic E-state index is 10.7. The summed E-state index contributed by atoms with van der Waals surface area (Å²) in [5.41, 5.74) is -0.133. The summed E-state index contributed by atoms with van der Waals surface area (Å²) in [6, 6.07) is 11.5. The molecule has 2 aromatic rings. The summed E-state index contributed by atoms with van der Waals surface area (Å²) in [4.78, 5) is 9.99. The Bertz CT molecular complexity index is 803. The molecule has 0 fully saturated rings. The predicted octanol–water partition coefficient (Wildman–Crippen LogP) is 2.84. The lowest BCUT2D eigenvalue weighted by atomic mass is 10.1. The summed E-state index contributed by atoms with van der Waals surface area (Å²) in [5, 5.41) is 37.8.